The molecular weight excluding hydrogens is 304 g/mol. The van der Waals surface area contributed by atoms with Crippen molar-refractivity contribution in [1.82, 2.24) is 10.6 Å². The predicted molar refractivity (Wildman–Crippen MR) is 88.9 cm³/mol. The zero-order chi connectivity index (χ0) is 15.1. The molecule has 1 saturated heterocycles. The minimum absolute atomic E-state index is 0. The Morgan fingerprint density at radius 2 is 2.09 bits per heavy atom. The van der Waals surface area contributed by atoms with Crippen molar-refractivity contribution in [3.05, 3.63) is 24.3 Å². The summed E-state index contributed by atoms with van der Waals surface area (Å²) in [5, 5.41) is 6.38. The molecule has 0 spiro atoms. The molecule has 0 bridgehead atoms. The first-order valence-electron chi connectivity index (χ1n) is 7.46. The predicted octanol–water partition coefficient (Wildman–Crippen LogP) is 2.00. The van der Waals surface area contributed by atoms with Crippen molar-refractivity contribution in [1.29, 1.82) is 0 Å². The van der Waals surface area contributed by atoms with Crippen LogP contribution in [-0.2, 0) is 4.79 Å². The Balaban J connectivity index is 0.00000242. The molecule has 0 saturated carbocycles. The number of carbonyl (C=O) groups excluding carboxylic acids is 1. The molecule has 1 aliphatic rings. The highest BCUT2D eigenvalue weighted by Crippen LogP contribution is 2.25. The molecule has 22 heavy (non-hydrogen) atoms. The van der Waals surface area contributed by atoms with Crippen LogP contribution in [0.1, 0.15) is 19.8 Å². The number of benzene rings is 1. The molecule has 1 amide bonds. The molecule has 1 fully saturated rings. The lowest BCUT2D eigenvalue weighted by Crippen LogP contribution is -2.50. The Hall–Kier alpha value is -1.46. The van der Waals surface area contributed by atoms with Gasteiger partial charge in [-0.15, -0.1) is 12.4 Å². The number of hydrogen-bond donors (Lipinski definition) is 2. The maximum atomic E-state index is 12.0. The van der Waals surface area contributed by atoms with E-state index in [-0.39, 0.29) is 24.4 Å². The zero-order valence-corrected chi connectivity index (χ0v) is 13.9. The van der Waals surface area contributed by atoms with Crippen molar-refractivity contribution >= 4 is 18.3 Å². The average Bonchev–Trinajstić information content (AvgIpc) is 2.50. The highest BCUT2D eigenvalue weighted by Gasteiger charge is 2.22. The molecule has 1 heterocycles. The molecule has 0 aromatic heterocycles. The molecule has 2 unspecified atom stereocenters. The molecule has 1 aromatic carbocycles. The van der Waals surface area contributed by atoms with Gasteiger partial charge in [0.05, 0.1) is 20.1 Å². The van der Waals surface area contributed by atoms with Gasteiger partial charge in [0.1, 0.15) is 0 Å². The van der Waals surface area contributed by atoms with Crippen LogP contribution in [0.15, 0.2) is 24.3 Å². The van der Waals surface area contributed by atoms with Crippen LogP contribution in [0.2, 0.25) is 0 Å². The second-order valence-corrected chi connectivity index (χ2v) is 5.39. The van der Waals surface area contributed by atoms with Crippen LogP contribution in [-0.4, -0.2) is 38.8 Å². The van der Waals surface area contributed by atoms with Gasteiger partial charge in [-0.2, -0.15) is 0 Å². The van der Waals surface area contributed by atoms with Gasteiger partial charge < -0.3 is 20.1 Å². The van der Waals surface area contributed by atoms with E-state index in [2.05, 4.69) is 17.6 Å². The van der Waals surface area contributed by atoms with E-state index >= 15 is 0 Å². The van der Waals surface area contributed by atoms with E-state index in [9.17, 15) is 4.79 Å². The summed E-state index contributed by atoms with van der Waals surface area (Å²) >= 11 is 0. The summed E-state index contributed by atoms with van der Waals surface area (Å²) in [6.07, 6.45) is 1.45. The standard InChI is InChI=1S/C16H24N2O3.ClH/c1-12-7-9-17-11-13(12)18-16(19)8-10-21-15-6-4-3-5-14(15)20-2;/h3-6,12-13,17H,7-11H2,1-2H3,(H,18,19);1H. The first-order valence-corrected chi connectivity index (χ1v) is 7.46. The number of piperidine rings is 1. The average molecular weight is 329 g/mol. The normalized spacial score (nSPS) is 20.6. The van der Waals surface area contributed by atoms with E-state index in [0.29, 0.717) is 30.4 Å². The summed E-state index contributed by atoms with van der Waals surface area (Å²) in [6, 6.07) is 7.66. The Morgan fingerprint density at radius 3 is 2.77 bits per heavy atom. The first-order chi connectivity index (χ1) is 10.2. The number of amides is 1. The smallest absolute Gasteiger partial charge is 0.223 e. The topological polar surface area (TPSA) is 59.6 Å². The van der Waals surface area contributed by atoms with Crippen LogP contribution in [0.3, 0.4) is 0 Å². The summed E-state index contributed by atoms with van der Waals surface area (Å²) in [5.41, 5.74) is 0. The number of methoxy groups -OCH3 is 1. The second-order valence-electron chi connectivity index (χ2n) is 5.39. The number of carbonyl (C=O) groups is 1. The van der Waals surface area contributed by atoms with E-state index in [1.165, 1.54) is 0 Å². The van der Waals surface area contributed by atoms with Crippen LogP contribution in [0.5, 0.6) is 11.5 Å². The lowest BCUT2D eigenvalue weighted by Gasteiger charge is -2.30. The monoisotopic (exact) mass is 328 g/mol. The molecule has 2 rings (SSSR count). The maximum Gasteiger partial charge on any atom is 0.223 e. The third kappa shape index (κ3) is 5.39. The van der Waals surface area contributed by atoms with Crippen LogP contribution in [0.25, 0.3) is 0 Å². The van der Waals surface area contributed by atoms with Gasteiger partial charge in [-0.1, -0.05) is 19.1 Å². The van der Waals surface area contributed by atoms with Gasteiger partial charge >= 0.3 is 0 Å². The van der Waals surface area contributed by atoms with Crippen LogP contribution < -0.4 is 20.1 Å². The Bertz CT molecular complexity index is 470. The van der Waals surface area contributed by atoms with E-state index in [0.717, 1.165) is 19.5 Å². The van der Waals surface area contributed by atoms with Crippen molar-refractivity contribution in [2.24, 2.45) is 5.92 Å². The lowest BCUT2D eigenvalue weighted by atomic mass is 9.95. The van der Waals surface area contributed by atoms with E-state index in [1.807, 2.05) is 24.3 Å². The fourth-order valence-corrected chi connectivity index (χ4v) is 2.45. The minimum atomic E-state index is 0. The van der Waals surface area contributed by atoms with Crippen molar-refractivity contribution in [3.8, 4) is 11.5 Å². The van der Waals surface area contributed by atoms with Crippen LogP contribution in [0, 0.1) is 5.92 Å². The zero-order valence-electron chi connectivity index (χ0n) is 13.1. The van der Waals surface area contributed by atoms with E-state index in [1.54, 1.807) is 7.11 Å². The van der Waals surface area contributed by atoms with Crippen molar-refractivity contribution < 1.29 is 14.3 Å². The van der Waals surface area contributed by atoms with Gasteiger partial charge in [0.25, 0.3) is 0 Å². The quantitative estimate of drug-likeness (QED) is 0.838. The summed E-state index contributed by atoms with van der Waals surface area (Å²) in [5.74, 6) is 1.90. The fourth-order valence-electron chi connectivity index (χ4n) is 2.45. The van der Waals surface area contributed by atoms with E-state index < -0.39 is 0 Å². The second kappa shape index (κ2) is 9.54. The highest BCUT2D eigenvalue weighted by atomic mass is 35.5. The summed E-state index contributed by atoms with van der Waals surface area (Å²) in [4.78, 5) is 12.0. The number of nitrogens with one attached hydrogen (secondary N) is 2. The largest absolute Gasteiger partial charge is 0.493 e. The molecular formula is C16H25ClN2O3. The highest BCUT2D eigenvalue weighted by molar-refractivity contribution is 5.85. The molecule has 1 aromatic rings. The summed E-state index contributed by atoms with van der Waals surface area (Å²) in [7, 11) is 1.60. The van der Waals surface area contributed by atoms with Gasteiger partial charge in [0.15, 0.2) is 11.5 Å². The van der Waals surface area contributed by atoms with E-state index in [4.69, 9.17) is 9.47 Å². The number of para-hydroxylation sites is 2. The molecule has 2 atom stereocenters. The number of hydrogen-bond acceptors (Lipinski definition) is 4. The number of ether oxygens (including phenoxy) is 2. The molecule has 2 N–H and O–H groups in total. The SMILES string of the molecule is COc1ccccc1OCCC(=O)NC1CNCCC1C.Cl. The van der Waals surface area contributed by atoms with Gasteiger partial charge in [0.2, 0.25) is 5.91 Å². The molecule has 6 heteroatoms. The lowest BCUT2D eigenvalue weighted by molar-refractivity contribution is -0.122. The molecule has 5 nitrogen and oxygen atoms in total. The molecule has 1 aliphatic heterocycles. The first kappa shape index (κ1) is 18.6. The van der Waals surface area contributed by atoms with Gasteiger partial charge in [-0.05, 0) is 31.0 Å². The number of halogens is 1. The maximum absolute atomic E-state index is 12.0. The van der Waals surface area contributed by atoms with Crippen LogP contribution in [0.4, 0.5) is 0 Å². The Labute approximate surface area is 138 Å². The fraction of sp³-hybridized carbons (Fsp3) is 0.562. The third-order valence-electron chi connectivity index (χ3n) is 3.83. The summed E-state index contributed by atoms with van der Waals surface area (Å²) in [6.45, 7) is 4.41. The van der Waals surface area contributed by atoms with Crippen molar-refractivity contribution in [2.75, 3.05) is 26.8 Å². The van der Waals surface area contributed by atoms with Crippen LogP contribution >= 0.6 is 12.4 Å². The third-order valence-corrected chi connectivity index (χ3v) is 3.83. The number of rotatable bonds is 6. The van der Waals surface area contributed by atoms with Gasteiger partial charge in [0, 0.05) is 12.6 Å². The molecule has 124 valence electrons. The minimum Gasteiger partial charge on any atom is -0.493 e. The Morgan fingerprint density at radius 1 is 1.36 bits per heavy atom. The van der Waals surface area contributed by atoms with Gasteiger partial charge in [-0.3, -0.25) is 4.79 Å². The van der Waals surface area contributed by atoms with Gasteiger partial charge in [-0.25, -0.2) is 0 Å². The summed E-state index contributed by atoms with van der Waals surface area (Å²) < 4.78 is 10.8. The Kier molecular flexibility index (Phi) is 8.06. The van der Waals surface area contributed by atoms with Crippen molar-refractivity contribution in [3.63, 3.8) is 0 Å². The molecule has 0 radical (unpaired) electrons. The van der Waals surface area contributed by atoms with Crippen molar-refractivity contribution in [2.45, 2.75) is 25.8 Å². The molecule has 0 aliphatic carbocycles.